The third kappa shape index (κ3) is 4.45. The number of nitrogens with zero attached hydrogens (tertiary/aromatic N) is 5. The van der Waals surface area contributed by atoms with Crippen LogP contribution in [-0.2, 0) is 11.3 Å². The number of likely N-dealkylation sites (tertiary alicyclic amines) is 1. The van der Waals surface area contributed by atoms with Crippen molar-refractivity contribution in [3.05, 3.63) is 59.7 Å². The van der Waals surface area contributed by atoms with Crippen LogP contribution < -0.4 is 0 Å². The SMILES string of the molecule is Cc1cc(C)n(CC(=O)N2CCC[C@@H](N(C)C(=O)c3nccc4ccccc34)CC2)n1. The number of aryl methyl sites for hydroxylation is 2. The Balaban J connectivity index is 1.42. The first kappa shape index (κ1) is 21.0. The van der Waals surface area contributed by atoms with E-state index in [4.69, 9.17) is 0 Å². The fraction of sp³-hybridized carbons (Fsp3) is 0.417. The van der Waals surface area contributed by atoms with Crippen molar-refractivity contribution in [1.29, 1.82) is 0 Å². The Morgan fingerprint density at radius 3 is 2.71 bits per heavy atom. The first-order chi connectivity index (χ1) is 14.9. The summed E-state index contributed by atoms with van der Waals surface area (Å²) in [5, 5.41) is 6.29. The zero-order chi connectivity index (χ0) is 22.0. The summed E-state index contributed by atoms with van der Waals surface area (Å²) in [6, 6.07) is 11.8. The summed E-state index contributed by atoms with van der Waals surface area (Å²) in [6.07, 6.45) is 4.19. The molecular weight excluding hydrogens is 390 g/mol. The van der Waals surface area contributed by atoms with E-state index in [1.807, 2.05) is 67.1 Å². The molecule has 0 unspecified atom stereocenters. The van der Waals surface area contributed by atoms with E-state index in [9.17, 15) is 9.59 Å². The van der Waals surface area contributed by atoms with Crippen molar-refractivity contribution in [2.45, 2.75) is 45.7 Å². The summed E-state index contributed by atoms with van der Waals surface area (Å²) < 4.78 is 1.77. The van der Waals surface area contributed by atoms with Crippen molar-refractivity contribution in [3.8, 4) is 0 Å². The second-order valence-corrected chi connectivity index (χ2v) is 8.35. The number of hydrogen-bond donors (Lipinski definition) is 0. The van der Waals surface area contributed by atoms with Gasteiger partial charge in [-0.3, -0.25) is 19.3 Å². The first-order valence-corrected chi connectivity index (χ1v) is 10.8. The van der Waals surface area contributed by atoms with Crippen LogP contribution in [0.2, 0.25) is 0 Å². The number of hydrogen-bond acceptors (Lipinski definition) is 4. The molecule has 7 nitrogen and oxygen atoms in total. The highest BCUT2D eigenvalue weighted by Gasteiger charge is 2.27. The largest absolute Gasteiger partial charge is 0.341 e. The Kier molecular flexibility index (Phi) is 6.02. The Morgan fingerprint density at radius 1 is 1.13 bits per heavy atom. The molecule has 1 aliphatic heterocycles. The van der Waals surface area contributed by atoms with E-state index in [-0.39, 0.29) is 24.4 Å². The summed E-state index contributed by atoms with van der Waals surface area (Å²) in [5.74, 6) is 0.0146. The molecule has 3 aromatic rings. The minimum Gasteiger partial charge on any atom is -0.341 e. The minimum absolute atomic E-state index is 0.0655. The van der Waals surface area contributed by atoms with Crippen LogP contribution >= 0.6 is 0 Å². The molecule has 2 amide bonds. The third-order valence-corrected chi connectivity index (χ3v) is 6.18. The standard InChI is InChI=1S/C24H29N5O2/c1-17-15-18(2)29(26-17)16-22(30)28-13-6-8-20(11-14-28)27(3)24(31)23-21-9-5-4-7-19(21)10-12-25-23/h4-5,7,9-10,12,15,20H,6,8,11,13-14,16H2,1-3H3/t20-/m1/s1. The molecule has 0 N–H and O–H groups in total. The molecule has 0 spiro atoms. The van der Waals surface area contributed by atoms with Crippen molar-refractivity contribution < 1.29 is 9.59 Å². The van der Waals surface area contributed by atoms with Crippen LogP contribution in [0, 0.1) is 13.8 Å². The Morgan fingerprint density at radius 2 is 1.94 bits per heavy atom. The molecule has 1 fully saturated rings. The number of fused-ring (bicyclic) bond motifs is 1. The van der Waals surface area contributed by atoms with Gasteiger partial charge in [-0.2, -0.15) is 5.10 Å². The summed E-state index contributed by atoms with van der Waals surface area (Å²) in [6.45, 7) is 5.52. The highest BCUT2D eigenvalue weighted by Crippen LogP contribution is 2.22. The quantitative estimate of drug-likeness (QED) is 0.651. The number of pyridine rings is 1. The Hall–Kier alpha value is -3.22. The molecule has 31 heavy (non-hydrogen) atoms. The lowest BCUT2D eigenvalue weighted by atomic mass is 10.1. The van der Waals surface area contributed by atoms with E-state index in [1.165, 1.54) is 0 Å². The van der Waals surface area contributed by atoms with Gasteiger partial charge in [0, 0.05) is 43.5 Å². The van der Waals surface area contributed by atoms with Crippen LogP contribution in [0.15, 0.2) is 42.6 Å². The first-order valence-electron chi connectivity index (χ1n) is 10.8. The maximum atomic E-state index is 13.2. The van der Waals surface area contributed by atoms with Gasteiger partial charge >= 0.3 is 0 Å². The minimum atomic E-state index is -0.0655. The molecule has 4 rings (SSSR count). The van der Waals surface area contributed by atoms with Crippen molar-refractivity contribution in [3.63, 3.8) is 0 Å². The molecule has 3 heterocycles. The third-order valence-electron chi connectivity index (χ3n) is 6.18. The van der Waals surface area contributed by atoms with Crippen LogP contribution in [0.25, 0.3) is 10.8 Å². The van der Waals surface area contributed by atoms with Crippen LogP contribution in [0.4, 0.5) is 0 Å². The van der Waals surface area contributed by atoms with E-state index < -0.39 is 0 Å². The van der Waals surface area contributed by atoms with E-state index in [0.29, 0.717) is 18.8 Å². The molecule has 1 saturated heterocycles. The number of aromatic nitrogens is 3. The molecule has 1 aliphatic rings. The second kappa shape index (κ2) is 8.88. The maximum Gasteiger partial charge on any atom is 0.273 e. The van der Waals surface area contributed by atoms with Crippen molar-refractivity contribution in [1.82, 2.24) is 24.6 Å². The van der Waals surface area contributed by atoms with E-state index in [0.717, 1.165) is 41.4 Å². The van der Waals surface area contributed by atoms with Gasteiger partial charge in [0.25, 0.3) is 5.91 Å². The fourth-order valence-electron chi connectivity index (χ4n) is 4.40. The lowest BCUT2D eigenvalue weighted by Gasteiger charge is -2.27. The second-order valence-electron chi connectivity index (χ2n) is 8.35. The number of amides is 2. The lowest BCUT2D eigenvalue weighted by molar-refractivity contribution is -0.132. The van der Waals surface area contributed by atoms with Gasteiger partial charge in [0.05, 0.1) is 5.69 Å². The van der Waals surface area contributed by atoms with Gasteiger partial charge in [-0.25, -0.2) is 0 Å². The van der Waals surface area contributed by atoms with Crippen LogP contribution in [0.5, 0.6) is 0 Å². The zero-order valence-corrected chi connectivity index (χ0v) is 18.4. The maximum absolute atomic E-state index is 13.2. The average Bonchev–Trinajstić information content (AvgIpc) is 2.96. The van der Waals surface area contributed by atoms with Gasteiger partial charge in [-0.15, -0.1) is 0 Å². The lowest BCUT2D eigenvalue weighted by Crippen LogP contribution is -2.39. The summed E-state index contributed by atoms with van der Waals surface area (Å²) in [7, 11) is 1.85. The van der Waals surface area contributed by atoms with Gasteiger partial charge in [0.1, 0.15) is 12.2 Å². The summed E-state index contributed by atoms with van der Waals surface area (Å²) in [4.78, 5) is 34.2. The Labute approximate surface area is 182 Å². The zero-order valence-electron chi connectivity index (χ0n) is 18.4. The molecule has 1 atom stereocenters. The van der Waals surface area contributed by atoms with Crippen molar-refractivity contribution in [2.75, 3.05) is 20.1 Å². The Bertz CT molecular complexity index is 1100. The normalized spacial score (nSPS) is 16.9. The molecule has 0 aliphatic carbocycles. The molecule has 0 bridgehead atoms. The smallest absolute Gasteiger partial charge is 0.273 e. The van der Waals surface area contributed by atoms with E-state index >= 15 is 0 Å². The van der Waals surface area contributed by atoms with Crippen LogP contribution in [0.3, 0.4) is 0 Å². The number of benzene rings is 1. The van der Waals surface area contributed by atoms with Gasteiger partial charge < -0.3 is 9.80 Å². The number of carbonyl (C=O) groups excluding carboxylic acids is 2. The van der Waals surface area contributed by atoms with E-state index in [2.05, 4.69) is 10.1 Å². The number of carbonyl (C=O) groups is 2. The molecule has 1 aromatic carbocycles. The topological polar surface area (TPSA) is 71.3 Å². The molecule has 0 radical (unpaired) electrons. The van der Waals surface area contributed by atoms with Crippen LogP contribution in [-0.4, -0.2) is 62.6 Å². The number of rotatable bonds is 4. The summed E-state index contributed by atoms with van der Waals surface area (Å²) >= 11 is 0. The molecule has 0 saturated carbocycles. The van der Waals surface area contributed by atoms with Crippen LogP contribution in [0.1, 0.15) is 41.1 Å². The summed E-state index contributed by atoms with van der Waals surface area (Å²) in [5.41, 5.74) is 2.40. The molecular formula is C24H29N5O2. The fourth-order valence-corrected chi connectivity index (χ4v) is 4.40. The van der Waals surface area contributed by atoms with E-state index in [1.54, 1.807) is 10.9 Å². The highest BCUT2D eigenvalue weighted by atomic mass is 16.2. The molecule has 2 aromatic heterocycles. The van der Waals surface area contributed by atoms with Gasteiger partial charge in [0.2, 0.25) is 5.91 Å². The van der Waals surface area contributed by atoms with Crippen molar-refractivity contribution in [2.24, 2.45) is 0 Å². The monoisotopic (exact) mass is 419 g/mol. The van der Waals surface area contributed by atoms with Gasteiger partial charge in [-0.05, 0) is 50.6 Å². The van der Waals surface area contributed by atoms with Crippen molar-refractivity contribution >= 4 is 22.6 Å². The predicted octanol–water partition coefficient (Wildman–Crippen LogP) is 3.20. The highest BCUT2D eigenvalue weighted by molar-refractivity contribution is 6.05. The molecule has 162 valence electrons. The van der Waals surface area contributed by atoms with Gasteiger partial charge in [-0.1, -0.05) is 24.3 Å². The predicted molar refractivity (Wildman–Crippen MR) is 120 cm³/mol. The molecule has 7 heteroatoms. The average molecular weight is 420 g/mol. The van der Waals surface area contributed by atoms with Gasteiger partial charge in [0.15, 0.2) is 0 Å².